The second-order valence-electron chi connectivity index (χ2n) is 2.90. The zero-order valence-electron chi connectivity index (χ0n) is 7.72. The lowest BCUT2D eigenvalue weighted by molar-refractivity contribution is 0.417. The number of fused-ring (bicyclic) bond motifs is 1. The van der Waals surface area contributed by atoms with Gasteiger partial charge in [-0.2, -0.15) is 0 Å². The number of hydrogen-bond acceptors (Lipinski definition) is 2. The maximum atomic E-state index is 5.33. The molecule has 15 heavy (non-hydrogen) atoms. The molecule has 2 nitrogen and oxygen atoms in total. The lowest BCUT2D eigenvalue weighted by Gasteiger charge is -2.09. The van der Waals surface area contributed by atoms with Gasteiger partial charge in [0.05, 0.1) is 17.1 Å². The van der Waals surface area contributed by atoms with Crippen molar-refractivity contribution in [2.75, 3.05) is 7.11 Å². The first kappa shape index (κ1) is 11.4. The first-order chi connectivity index (χ1) is 7.13. The van der Waals surface area contributed by atoms with E-state index in [4.69, 9.17) is 4.74 Å². The number of halogens is 3. The summed E-state index contributed by atoms with van der Waals surface area (Å²) < 4.78 is 7.98. The van der Waals surface area contributed by atoms with Crippen LogP contribution in [0.25, 0.3) is 10.9 Å². The van der Waals surface area contributed by atoms with Crippen LogP contribution in [0.4, 0.5) is 0 Å². The Morgan fingerprint density at radius 1 is 1.13 bits per heavy atom. The molecule has 0 aliphatic rings. The minimum Gasteiger partial charge on any atom is -0.495 e. The van der Waals surface area contributed by atoms with Crippen LogP contribution in [0, 0.1) is 0 Å². The maximum absolute atomic E-state index is 5.33. The summed E-state index contributed by atoms with van der Waals surface area (Å²) in [5.74, 6) is 0.799. The maximum Gasteiger partial charge on any atom is 0.142 e. The SMILES string of the molecule is COc1c(Br)cc(Br)c2nc(Br)ccc12. The van der Waals surface area contributed by atoms with Crippen LogP contribution in [-0.2, 0) is 0 Å². The Kier molecular flexibility index (Phi) is 3.33. The molecule has 0 spiro atoms. The average molecular weight is 396 g/mol. The number of aromatic nitrogens is 1. The molecule has 78 valence electrons. The second-order valence-corrected chi connectivity index (χ2v) is 5.42. The fourth-order valence-electron chi connectivity index (χ4n) is 1.38. The Balaban J connectivity index is 2.90. The molecule has 1 aromatic carbocycles. The highest BCUT2D eigenvalue weighted by atomic mass is 79.9. The molecule has 2 aromatic rings. The Hall–Kier alpha value is -0.130. The normalized spacial score (nSPS) is 10.7. The van der Waals surface area contributed by atoms with Crippen molar-refractivity contribution in [2.24, 2.45) is 0 Å². The van der Waals surface area contributed by atoms with Crippen LogP contribution in [0.1, 0.15) is 0 Å². The van der Waals surface area contributed by atoms with E-state index in [0.29, 0.717) is 0 Å². The third-order valence-corrected chi connectivity index (χ3v) is 3.64. The zero-order valence-corrected chi connectivity index (χ0v) is 12.5. The topological polar surface area (TPSA) is 22.1 Å². The van der Waals surface area contributed by atoms with E-state index in [1.807, 2.05) is 18.2 Å². The van der Waals surface area contributed by atoms with E-state index in [0.717, 1.165) is 30.2 Å². The molecule has 1 aromatic heterocycles. The molecule has 5 heteroatoms. The van der Waals surface area contributed by atoms with Crippen LogP contribution in [0.3, 0.4) is 0 Å². The fraction of sp³-hybridized carbons (Fsp3) is 0.100. The monoisotopic (exact) mass is 393 g/mol. The van der Waals surface area contributed by atoms with Gasteiger partial charge in [0.1, 0.15) is 10.4 Å². The first-order valence-corrected chi connectivity index (χ1v) is 6.49. The molecule has 0 unspecified atom stereocenters. The highest BCUT2D eigenvalue weighted by Crippen LogP contribution is 2.37. The van der Waals surface area contributed by atoms with Gasteiger partial charge >= 0.3 is 0 Å². The molecule has 0 saturated carbocycles. The number of ether oxygens (including phenoxy) is 1. The predicted molar refractivity (Wildman–Crippen MR) is 71.4 cm³/mol. The van der Waals surface area contributed by atoms with Crippen LogP contribution in [0.5, 0.6) is 5.75 Å². The van der Waals surface area contributed by atoms with Gasteiger partial charge in [-0.15, -0.1) is 0 Å². The van der Waals surface area contributed by atoms with Gasteiger partial charge in [-0.3, -0.25) is 0 Å². The Bertz CT molecular complexity index is 528. The number of nitrogens with zero attached hydrogens (tertiary/aromatic N) is 1. The van der Waals surface area contributed by atoms with E-state index in [9.17, 15) is 0 Å². The van der Waals surface area contributed by atoms with Gasteiger partial charge in [-0.05, 0) is 66.0 Å². The molecular formula is C10H6Br3NO. The van der Waals surface area contributed by atoms with Gasteiger partial charge in [-0.1, -0.05) is 0 Å². The van der Waals surface area contributed by atoms with Gasteiger partial charge < -0.3 is 4.74 Å². The molecule has 0 fully saturated rings. The Morgan fingerprint density at radius 3 is 2.53 bits per heavy atom. The molecule has 0 aliphatic carbocycles. The molecular weight excluding hydrogens is 390 g/mol. The minimum absolute atomic E-state index is 0.799. The second kappa shape index (κ2) is 4.39. The van der Waals surface area contributed by atoms with Crippen molar-refractivity contribution < 1.29 is 4.74 Å². The third kappa shape index (κ3) is 2.05. The molecule has 2 rings (SSSR count). The number of benzene rings is 1. The molecule has 0 N–H and O–H groups in total. The largest absolute Gasteiger partial charge is 0.495 e. The van der Waals surface area contributed by atoms with E-state index in [1.54, 1.807) is 7.11 Å². The van der Waals surface area contributed by atoms with Crippen LogP contribution in [0.15, 0.2) is 31.7 Å². The highest BCUT2D eigenvalue weighted by Gasteiger charge is 2.11. The van der Waals surface area contributed by atoms with Gasteiger partial charge in [0.2, 0.25) is 0 Å². The first-order valence-electron chi connectivity index (χ1n) is 4.11. The Morgan fingerprint density at radius 2 is 1.87 bits per heavy atom. The van der Waals surface area contributed by atoms with Crippen LogP contribution < -0.4 is 4.74 Å². The van der Waals surface area contributed by atoms with Crippen molar-refractivity contribution >= 4 is 58.7 Å². The summed E-state index contributed by atoms with van der Waals surface area (Å²) in [6, 6.07) is 5.80. The lowest BCUT2D eigenvalue weighted by Crippen LogP contribution is -1.89. The average Bonchev–Trinajstić information content (AvgIpc) is 2.19. The summed E-state index contributed by atoms with van der Waals surface area (Å²) in [6.45, 7) is 0. The summed E-state index contributed by atoms with van der Waals surface area (Å²) in [5, 5.41) is 0.974. The highest BCUT2D eigenvalue weighted by molar-refractivity contribution is 9.11. The van der Waals surface area contributed by atoms with Gasteiger partial charge in [0.25, 0.3) is 0 Å². The third-order valence-electron chi connectivity index (χ3n) is 2.01. The summed E-state index contributed by atoms with van der Waals surface area (Å²) in [5.41, 5.74) is 0.879. The summed E-state index contributed by atoms with van der Waals surface area (Å²) in [6.07, 6.45) is 0. The van der Waals surface area contributed by atoms with Crippen LogP contribution in [-0.4, -0.2) is 12.1 Å². The van der Waals surface area contributed by atoms with Crippen LogP contribution in [0.2, 0.25) is 0 Å². The summed E-state index contributed by atoms with van der Waals surface area (Å²) in [4.78, 5) is 4.39. The van der Waals surface area contributed by atoms with Gasteiger partial charge in [0.15, 0.2) is 0 Å². The van der Waals surface area contributed by atoms with Crippen molar-refractivity contribution in [3.05, 3.63) is 31.7 Å². The van der Waals surface area contributed by atoms with Crippen molar-refractivity contribution in [1.82, 2.24) is 4.98 Å². The quantitative estimate of drug-likeness (QED) is 0.662. The van der Waals surface area contributed by atoms with E-state index in [2.05, 4.69) is 52.8 Å². The standard InChI is InChI=1S/C10H6Br3NO/c1-15-10-5-2-3-8(13)14-9(5)6(11)4-7(10)12/h2-4H,1H3. The van der Waals surface area contributed by atoms with Crippen molar-refractivity contribution in [3.63, 3.8) is 0 Å². The molecule has 1 heterocycles. The smallest absolute Gasteiger partial charge is 0.142 e. The zero-order chi connectivity index (χ0) is 11.0. The number of methoxy groups -OCH3 is 1. The molecule has 0 saturated heterocycles. The summed E-state index contributed by atoms with van der Waals surface area (Å²) in [7, 11) is 1.65. The molecule has 0 aliphatic heterocycles. The van der Waals surface area contributed by atoms with E-state index < -0.39 is 0 Å². The molecule has 0 amide bonds. The lowest BCUT2D eigenvalue weighted by atomic mass is 10.2. The van der Waals surface area contributed by atoms with Crippen LogP contribution >= 0.6 is 47.8 Å². The molecule has 0 bridgehead atoms. The summed E-state index contributed by atoms with van der Waals surface area (Å²) >= 11 is 10.3. The molecule has 0 radical (unpaired) electrons. The Labute approximate surface area is 112 Å². The van der Waals surface area contributed by atoms with Crippen molar-refractivity contribution in [1.29, 1.82) is 0 Å². The number of pyridine rings is 1. The van der Waals surface area contributed by atoms with Crippen molar-refractivity contribution in [2.45, 2.75) is 0 Å². The number of hydrogen-bond donors (Lipinski definition) is 0. The predicted octanol–water partition coefficient (Wildman–Crippen LogP) is 4.53. The van der Waals surface area contributed by atoms with Gasteiger partial charge in [-0.25, -0.2) is 4.98 Å². The van der Waals surface area contributed by atoms with E-state index >= 15 is 0 Å². The molecule has 0 atom stereocenters. The minimum atomic E-state index is 0.799. The van der Waals surface area contributed by atoms with Gasteiger partial charge in [0, 0.05) is 9.86 Å². The fourth-order valence-corrected chi connectivity index (χ4v) is 3.13. The van der Waals surface area contributed by atoms with E-state index in [-0.39, 0.29) is 0 Å². The van der Waals surface area contributed by atoms with E-state index in [1.165, 1.54) is 0 Å². The number of rotatable bonds is 1. The van der Waals surface area contributed by atoms with Crippen molar-refractivity contribution in [3.8, 4) is 5.75 Å².